The van der Waals surface area contributed by atoms with Gasteiger partial charge in [0.05, 0.1) is 23.5 Å². The normalized spacial score (nSPS) is 49.1. The van der Waals surface area contributed by atoms with Gasteiger partial charge in [0.1, 0.15) is 5.76 Å². The molecular formula is C16H22O4. The molecule has 0 radical (unpaired) electrons. The molecule has 0 unspecified atom stereocenters. The summed E-state index contributed by atoms with van der Waals surface area (Å²) in [7, 11) is 1.53. The molecule has 0 aliphatic heterocycles. The first-order valence-corrected chi connectivity index (χ1v) is 7.16. The number of allylic oxidation sites excluding steroid dienone is 1. The zero-order chi connectivity index (χ0) is 15.1. The first-order chi connectivity index (χ1) is 9.07. The summed E-state index contributed by atoms with van der Waals surface area (Å²) in [5.41, 5.74) is -3.64. The van der Waals surface area contributed by atoms with E-state index in [0.717, 1.165) is 6.42 Å². The number of ether oxygens (including phenoxy) is 1. The molecule has 4 aliphatic rings. The molecule has 1 N–H and O–H groups in total. The van der Waals surface area contributed by atoms with Crippen LogP contribution in [0.2, 0.25) is 0 Å². The van der Waals surface area contributed by atoms with Crippen molar-refractivity contribution in [2.75, 3.05) is 7.11 Å². The van der Waals surface area contributed by atoms with Crippen molar-refractivity contribution in [2.24, 2.45) is 22.2 Å². The average molecular weight is 278 g/mol. The number of carbonyl (C=O) groups is 2. The highest BCUT2D eigenvalue weighted by Gasteiger charge is 2.78. The third-order valence-corrected chi connectivity index (χ3v) is 6.63. The number of methoxy groups -OCH3 is 1. The molecule has 4 heteroatoms. The Kier molecular flexibility index (Phi) is 2.32. The predicted molar refractivity (Wildman–Crippen MR) is 72.8 cm³/mol. The molecule has 2 bridgehead atoms. The molecule has 1 spiro atoms. The molecule has 4 aliphatic carbocycles. The number of ketones is 2. The molecular weight excluding hydrogens is 256 g/mol. The summed E-state index contributed by atoms with van der Waals surface area (Å²) in [6.07, 6.45) is 3.03. The first-order valence-electron chi connectivity index (χ1n) is 7.16. The highest BCUT2D eigenvalue weighted by molar-refractivity contribution is 6.44. The number of aliphatic hydroxyl groups is 1. The third-order valence-electron chi connectivity index (χ3n) is 6.63. The summed E-state index contributed by atoms with van der Waals surface area (Å²) in [5.74, 6) is -0.350. The lowest BCUT2D eigenvalue weighted by molar-refractivity contribution is -0.182. The van der Waals surface area contributed by atoms with E-state index in [9.17, 15) is 14.7 Å². The standard InChI is InChI=1S/C16H22O4/c1-13(2)9-6-7-14(3,19)16(9)8-10(20-5)15(13,4)11(17)12(16)18/h8-9,19H,6-7H2,1-5H3/t9-,14-,15+,16-/m0/s1. The Labute approximate surface area is 119 Å². The molecule has 0 heterocycles. The summed E-state index contributed by atoms with van der Waals surface area (Å²) in [6.45, 7) is 7.51. The maximum Gasteiger partial charge on any atom is 0.213 e. The Hall–Kier alpha value is -1.16. The van der Waals surface area contributed by atoms with E-state index >= 15 is 0 Å². The molecule has 20 heavy (non-hydrogen) atoms. The van der Waals surface area contributed by atoms with Crippen LogP contribution >= 0.6 is 0 Å². The van der Waals surface area contributed by atoms with Crippen LogP contribution in [0.5, 0.6) is 0 Å². The van der Waals surface area contributed by atoms with Crippen LogP contribution in [0.4, 0.5) is 0 Å². The Bertz CT molecular complexity index is 557. The molecule has 0 aromatic carbocycles. The lowest BCUT2D eigenvalue weighted by Gasteiger charge is -2.61. The van der Waals surface area contributed by atoms with Crippen molar-refractivity contribution in [3.8, 4) is 0 Å². The van der Waals surface area contributed by atoms with Crippen LogP contribution in [0.25, 0.3) is 0 Å². The Morgan fingerprint density at radius 2 is 1.80 bits per heavy atom. The molecule has 0 aromatic heterocycles. The van der Waals surface area contributed by atoms with Crippen LogP contribution in [0, 0.1) is 22.2 Å². The molecule has 4 nitrogen and oxygen atoms in total. The van der Waals surface area contributed by atoms with Crippen molar-refractivity contribution in [1.29, 1.82) is 0 Å². The minimum absolute atomic E-state index is 0.0286. The SMILES string of the molecule is COC1=C[C@@]23C(=O)C(=O)[C@]1(C)C(C)(C)[C@@H]2CC[C@]3(C)O. The number of rotatable bonds is 1. The second-order valence-electron chi connectivity index (χ2n) is 7.45. The molecule has 2 fully saturated rings. The Morgan fingerprint density at radius 3 is 2.35 bits per heavy atom. The monoisotopic (exact) mass is 278 g/mol. The average Bonchev–Trinajstić information content (AvgIpc) is 2.63. The van der Waals surface area contributed by atoms with Crippen LogP contribution in [-0.4, -0.2) is 29.4 Å². The smallest absolute Gasteiger partial charge is 0.213 e. The topological polar surface area (TPSA) is 63.6 Å². The highest BCUT2D eigenvalue weighted by Crippen LogP contribution is 2.71. The fourth-order valence-corrected chi connectivity index (χ4v) is 4.99. The van der Waals surface area contributed by atoms with E-state index in [1.165, 1.54) is 7.11 Å². The molecule has 4 rings (SSSR count). The maximum absolute atomic E-state index is 12.8. The summed E-state index contributed by atoms with van der Waals surface area (Å²) in [6, 6.07) is 0. The Balaban J connectivity index is 2.40. The summed E-state index contributed by atoms with van der Waals surface area (Å²) in [5, 5.41) is 10.8. The van der Waals surface area contributed by atoms with Gasteiger partial charge >= 0.3 is 0 Å². The number of hydrogen-bond donors (Lipinski definition) is 1. The molecule has 2 saturated carbocycles. The number of fused-ring (bicyclic) bond motifs is 1. The lowest BCUT2D eigenvalue weighted by atomic mass is 9.40. The van der Waals surface area contributed by atoms with E-state index in [1.54, 1.807) is 19.9 Å². The van der Waals surface area contributed by atoms with Crippen LogP contribution in [-0.2, 0) is 14.3 Å². The van der Waals surface area contributed by atoms with Crippen molar-refractivity contribution in [2.45, 2.75) is 46.1 Å². The van der Waals surface area contributed by atoms with Crippen molar-refractivity contribution in [3.05, 3.63) is 11.8 Å². The van der Waals surface area contributed by atoms with Gasteiger partial charge in [0.2, 0.25) is 11.6 Å². The van der Waals surface area contributed by atoms with Gasteiger partial charge in [-0.3, -0.25) is 9.59 Å². The van der Waals surface area contributed by atoms with Crippen molar-refractivity contribution in [1.82, 2.24) is 0 Å². The van der Waals surface area contributed by atoms with E-state index < -0.39 is 33.4 Å². The second kappa shape index (κ2) is 3.35. The van der Waals surface area contributed by atoms with E-state index in [-0.39, 0.29) is 5.92 Å². The molecule has 110 valence electrons. The van der Waals surface area contributed by atoms with E-state index in [2.05, 4.69) is 0 Å². The van der Waals surface area contributed by atoms with Crippen LogP contribution in [0.3, 0.4) is 0 Å². The van der Waals surface area contributed by atoms with Crippen molar-refractivity contribution in [3.63, 3.8) is 0 Å². The van der Waals surface area contributed by atoms with Gasteiger partial charge in [-0.1, -0.05) is 13.8 Å². The number of Topliss-reactive ketones (excluding diaryl/α,β-unsaturated/α-hetero) is 2. The van der Waals surface area contributed by atoms with Gasteiger partial charge in [0.25, 0.3) is 0 Å². The minimum atomic E-state index is -1.19. The summed E-state index contributed by atoms with van der Waals surface area (Å²) >= 11 is 0. The summed E-state index contributed by atoms with van der Waals surface area (Å²) < 4.78 is 5.46. The number of hydrogen-bond acceptors (Lipinski definition) is 4. The van der Waals surface area contributed by atoms with Crippen LogP contribution < -0.4 is 0 Å². The quantitative estimate of drug-likeness (QED) is 0.744. The van der Waals surface area contributed by atoms with E-state index in [0.29, 0.717) is 12.2 Å². The molecule has 0 aromatic rings. The fourth-order valence-electron chi connectivity index (χ4n) is 4.99. The minimum Gasteiger partial charge on any atom is -0.500 e. The van der Waals surface area contributed by atoms with Crippen LogP contribution in [0.1, 0.15) is 40.5 Å². The Morgan fingerprint density at radius 1 is 1.20 bits per heavy atom. The summed E-state index contributed by atoms with van der Waals surface area (Å²) in [4.78, 5) is 25.5. The van der Waals surface area contributed by atoms with Gasteiger partial charge < -0.3 is 9.84 Å². The molecule has 0 saturated heterocycles. The fraction of sp³-hybridized carbons (Fsp3) is 0.750. The van der Waals surface area contributed by atoms with E-state index in [1.807, 2.05) is 13.8 Å². The van der Waals surface area contributed by atoms with E-state index in [4.69, 9.17) is 4.74 Å². The zero-order valence-corrected chi connectivity index (χ0v) is 12.7. The lowest BCUT2D eigenvalue weighted by Crippen LogP contribution is -2.70. The maximum atomic E-state index is 12.8. The largest absolute Gasteiger partial charge is 0.500 e. The number of carbonyl (C=O) groups excluding carboxylic acids is 2. The van der Waals surface area contributed by atoms with Gasteiger partial charge in [-0.25, -0.2) is 0 Å². The van der Waals surface area contributed by atoms with Crippen molar-refractivity contribution < 1.29 is 19.4 Å². The molecule has 0 amide bonds. The van der Waals surface area contributed by atoms with Crippen molar-refractivity contribution >= 4 is 11.6 Å². The van der Waals surface area contributed by atoms with Gasteiger partial charge in [0, 0.05) is 0 Å². The van der Waals surface area contributed by atoms with Gasteiger partial charge in [-0.15, -0.1) is 0 Å². The predicted octanol–water partition coefficient (Wildman–Crippen LogP) is 1.86. The highest BCUT2D eigenvalue weighted by atomic mass is 16.5. The zero-order valence-electron chi connectivity index (χ0n) is 12.7. The van der Waals surface area contributed by atoms with Gasteiger partial charge in [-0.2, -0.15) is 0 Å². The molecule has 4 atom stereocenters. The van der Waals surface area contributed by atoms with Gasteiger partial charge in [0.15, 0.2) is 0 Å². The van der Waals surface area contributed by atoms with Crippen LogP contribution in [0.15, 0.2) is 11.8 Å². The van der Waals surface area contributed by atoms with Gasteiger partial charge in [-0.05, 0) is 44.1 Å². The first kappa shape index (κ1) is 13.8. The second-order valence-corrected chi connectivity index (χ2v) is 7.45. The third kappa shape index (κ3) is 1.04.